The van der Waals surface area contributed by atoms with Crippen molar-refractivity contribution in [3.8, 4) is 5.69 Å². The van der Waals surface area contributed by atoms with Crippen LogP contribution >= 0.6 is 0 Å². The minimum Gasteiger partial charge on any atom is -0.391 e. The van der Waals surface area contributed by atoms with Crippen LogP contribution in [0.3, 0.4) is 0 Å². The van der Waals surface area contributed by atoms with Crippen LogP contribution in [0.1, 0.15) is 6.42 Å². The maximum Gasteiger partial charge on any atom is 0.273 e. The molecule has 0 unspecified atom stereocenters. The van der Waals surface area contributed by atoms with Gasteiger partial charge in [0.15, 0.2) is 0 Å². The molecule has 1 aromatic carbocycles. The van der Waals surface area contributed by atoms with Gasteiger partial charge in [-0.3, -0.25) is 14.7 Å². The predicted molar refractivity (Wildman–Crippen MR) is 83.8 cm³/mol. The zero-order chi connectivity index (χ0) is 17.1. The number of rotatable bonds is 4. The fraction of sp³-hybridized carbons (Fsp3) is 0.385. The largest absolute Gasteiger partial charge is 0.391 e. The van der Waals surface area contributed by atoms with Crippen molar-refractivity contribution in [2.75, 3.05) is 18.0 Å². The van der Waals surface area contributed by atoms with E-state index in [0.29, 0.717) is 24.3 Å². The van der Waals surface area contributed by atoms with E-state index in [0.717, 1.165) is 0 Å². The molecule has 0 radical (unpaired) electrons. The van der Waals surface area contributed by atoms with Crippen LogP contribution in [0.25, 0.3) is 16.1 Å². The van der Waals surface area contributed by atoms with Crippen molar-refractivity contribution >= 4 is 11.4 Å². The van der Waals surface area contributed by atoms with Gasteiger partial charge in [0.05, 0.1) is 22.8 Å². The molecule has 124 valence electrons. The molecule has 0 aliphatic carbocycles. The van der Waals surface area contributed by atoms with E-state index in [2.05, 4.69) is 20.2 Å². The van der Waals surface area contributed by atoms with Crippen LogP contribution in [-0.2, 0) is 0 Å². The Balaban J connectivity index is 1.93. The minimum atomic E-state index is -0.827. The van der Waals surface area contributed by atoms with Crippen LogP contribution in [0, 0.1) is 10.1 Å². The van der Waals surface area contributed by atoms with Gasteiger partial charge in [-0.2, -0.15) is 0 Å². The second-order valence-electron chi connectivity index (χ2n) is 5.41. The molecule has 1 fully saturated rings. The molecule has 1 aliphatic rings. The molecule has 0 amide bonds. The lowest BCUT2D eigenvalue weighted by molar-refractivity contribution is -0.384. The third kappa shape index (κ3) is 3.12. The van der Waals surface area contributed by atoms with Gasteiger partial charge in [-0.15, -0.1) is 10.2 Å². The molecule has 0 bridgehead atoms. The van der Waals surface area contributed by atoms with Gasteiger partial charge in [0, 0.05) is 35.8 Å². The van der Waals surface area contributed by atoms with Crippen molar-refractivity contribution < 1.29 is 10.0 Å². The van der Waals surface area contributed by atoms with E-state index in [-0.39, 0.29) is 12.2 Å². The van der Waals surface area contributed by atoms with E-state index in [1.807, 2.05) is 4.90 Å². The molecule has 3 rings (SSSR count). The number of non-ortho nitro benzene ring substituents is 1. The summed E-state index contributed by atoms with van der Waals surface area (Å²) in [6.45, 7) is 0.746. The Morgan fingerprint density at radius 1 is 1.33 bits per heavy atom. The summed E-state index contributed by atoms with van der Waals surface area (Å²) < 4.78 is 1.57. The van der Waals surface area contributed by atoms with E-state index < -0.39 is 17.1 Å². The summed E-state index contributed by atoms with van der Waals surface area (Å²) in [5.74, 6) is 0. The summed E-state index contributed by atoms with van der Waals surface area (Å²) in [4.78, 5) is 15.3. The monoisotopic (exact) mass is 330 g/mol. The Kier molecular flexibility index (Phi) is 4.27. The molecule has 11 nitrogen and oxygen atoms in total. The van der Waals surface area contributed by atoms with Gasteiger partial charge in [0.1, 0.15) is 12.7 Å². The Morgan fingerprint density at radius 3 is 2.67 bits per heavy atom. The Bertz CT molecular complexity index is 787. The average Bonchev–Trinajstić information content (AvgIpc) is 3.11. The molecule has 1 N–H and O–H groups in total. The lowest BCUT2D eigenvalue weighted by Crippen LogP contribution is -2.45. The molecule has 0 spiro atoms. The quantitative estimate of drug-likeness (QED) is 0.295. The molecule has 2 heterocycles. The van der Waals surface area contributed by atoms with Crippen molar-refractivity contribution in [3.05, 3.63) is 51.4 Å². The van der Waals surface area contributed by atoms with Gasteiger partial charge in [-0.1, -0.05) is 5.11 Å². The molecule has 11 heteroatoms. The number of β-amino-alcohol motifs (C(OH)–C–C–N with tert-alkyl or cyclic N) is 1. The summed E-state index contributed by atoms with van der Waals surface area (Å²) in [6.07, 6.45) is 2.54. The van der Waals surface area contributed by atoms with Crippen LogP contribution in [-0.4, -0.2) is 50.0 Å². The van der Waals surface area contributed by atoms with E-state index >= 15 is 0 Å². The minimum absolute atomic E-state index is 0.0668. The lowest BCUT2D eigenvalue weighted by atomic mass is 10.0. The fourth-order valence-corrected chi connectivity index (χ4v) is 2.71. The molecule has 2 atom stereocenters. The van der Waals surface area contributed by atoms with Crippen molar-refractivity contribution in [1.29, 1.82) is 0 Å². The number of nitrogens with zero attached hydrogens (tertiary/aromatic N) is 8. The zero-order valence-corrected chi connectivity index (χ0v) is 12.5. The Labute approximate surface area is 135 Å². The number of anilines is 1. The standard InChI is InChI=1S/C13H14N8O3/c14-18-17-12-1-2-19(6-13(12)22)9-3-10(20-7-15-16-8-20)5-11(4-9)21(23)24/h3-5,7-8,12-13,22H,1-2,6H2/t12-,13+/m0/s1. The van der Waals surface area contributed by atoms with Crippen molar-refractivity contribution in [2.24, 2.45) is 5.11 Å². The maximum atomic E-state index is 11.2. The number of nitro benzene ring substituents is 1. The van der Waals surface area contributed by atoms with E-state index in [1.54, 1.807) is 10.6 Å². The topological polar surface area (TPSA) is 146 Å². The molecular weight excluding hydrogens is 316 g/mol. The summed E-state index contributed by atoms with van der Waals surface area (Å²) in [6, 6.07) is 4.16. The van der Waals surface area contributed by atoms with Gasteiger partial charge in [0.25, 0.3) is 5.69 Å². The summed E-state index contributed by atoms with van der Waals surface area (Å²) in [7, 11) is 0. The van der Waals surface area contributed by atoms with Crippen molar-refractivity contribution in [3.63, 3.8) is 0 Å². The number of aliphatic hydroxyl groups excluding tert-OH is 1. The predicted octanol–water partition coefficient (Wildman–Crippen LogP) is 1.43. The first kappa shape index (κ1) is 15.7. The highest BCUT2D eigenvalue weighted by Crippen LogP contribution is 2.29. The first-order chi connectivity index (χ1) is 11.6. The van der Waals surface area contributed by atoms with Gasteiger partial charge in [-0.05, 0) is 18.0 Å². The molecule has 24 heavy (non-hydrogen) atoms. The molecule has 2 aromatic rings. The first-order valence-corrected chi connectivity index (χ1v) is 7.20. The third-order valence-corrected chi connectivity index (χ3v) is 3.93. The number of piperidine rings is 1. The summed E-state index contributed by atoms with van der Waals surface area (Å²) >= 11 is 0. The number of aliphatic hydroxyl groups is 1. The van der Waals surface area contributed by atoms with Gasteiger partial charge in [-0.25, -0.2) is 0 Å². The second-order valence-corrected chi connectivity index (χ2v) is 5.41. The highest BCUT2D eigenvalue weighted by atomic mass is 16.6. The number of hydrogen-bond acceptors (Lipinski definition) is 7. The summed E-state index contributed by atoms with van der Waals surface area (Å²) in [5, 5.41) is 32.3. The smallest absolute Gasteiger partial charge is 0.273 e. The Hall–Kier alpha value is -3.17. The summed E-state index contributed by atoms with van der Waals surface area (Å²) in [5.41, 5.74) is 9.59. The second kappa shape index (κ2) is 6.52. The zero-order valence-electron chi connectivity index (χ0n) is 12.5. The SMILES string of the molecule is [N-]=[N+]=N[C@H]1CCN(c2cc(-n3cnnc3)cc([N+](=O)[O-])c2)C[C@H]1O. The molecule has 1 aromatic heterocycles. The highest BCUT2D eigenvalue weighted by molar-refractivity contribution is 5.60. The number of nitro groups is 1. The first-order valence-electron chi connectivity index (χ1n) is 7.20. The molecule has 1 saturated heterocycles. The number of hydrogen-bond donors (Lipinski definition) is 1. The van der Waals surface area contributed by atoms with E-state index in [9.17, 15) is 15.2 Å². The molecule has 1 aliphatic heterocycles. The van der Waals surface area contributed by atoms with Crippen LogP contribution in [0.5, 0.6) is 0 Å². The normalized spacial score (nSPS) is 20.5. The number of benzene rings is 1. The fourth-order valence-electron chi connectivity index (χ4n) is 2.71. The number of azide groups is 1. The molecular formula is C13H14N8O3. The van der Waals surface area contributed by atoms with Crippen LogP contribution in [0.4, 0.5) is 11.4 Å². The third-order valence-electron chi connectivity index (χ3n) is 3.93. The van der Waals surface area contributed by atoms with E-state index in [1.165, 1.54) is 24.8 Å². The maximum absolute atomic E-state index is 11.2. The van der Waals surface area contributed by atoms with Crippen LogP contribution in [0.15, 0.2) is 36.0 Å². The molecule has 0 saturated carbocycles. The van der Waals surface area contributed by atoms with Gasteiger partial charge < -0.3 is 10.0 Å². The lowest BCUT2D eigenvalue weighted by Gasteiger charge is -2.35. The van der Waals surface area contributed by atoms with Crippen molar-refractivity contribution in [1.82, 2.24) is 14.8 Å². The average molecular weight is 330 g/mol. The Morgan fingerprint density at radius 2 is 2.04 bits per heavy atom. The number of aromatic nitrogens is 3. The van der Waals surface area contributed by atoms with Gasteiger partial charge >= 0.3 is 0 Å². The van der Waals surface area contributed by atoms with Crippen LogP contribution in [0.2, 0.25) is 0 Å². The van der Waals surface area contributed by atoms with Gasteiger partial charge in [0.2, 0.25) is 0 Å². The van der Waals surface area contributed by atoms with Crippen molar-refractivity contribution in [2.45, 2.75) is 18.6 Å². The van der Waals surface area contributed by atoms with Crippen LogP contribution < -0.4 is 4.90 Å². The highest BCUT2D eigenvalue weighted by Gasteiger charge is 2.28. The van der Waals surface area contributed by atoms with E-state index in [4.69, 9.17) is 5.53 Å².